The van der Waals surface area contributed by atoms with E-state index in [0.29, 0.717) is 0 Å². The van der Waals surface area contributed by atoms with Crippen LogP contribution < -0.4 is 5.73 Å². The molecule has 10 heteroatoms. The van der Waals surface area contributed by atoms with Crippen molar-refractivity contribution in [3.8, 4) is 0 Å². The highest BCUT2D eigenvalue weighted by atomic mass is 19.2. The molecule has 0 aliphatic carbocycles. The normalized spacial score (nSPS) is 33.9. The van der Waals surface area contributed by atoms with Crippen LogP contribution in [0.2, 0.25) is 0 Å². The lowest BCUT2D eigenvalue weighted by molar-refractivity contribution is -0.235. The van der Waals surface area contributed by atoms with Gasteiger partial charge in [-0.05, 0) is 0 Å². The van der Waals surface area contributed by atoms with Crippen molar-refractivity contribution in [2.45, 2.75) is 24.3 Å². The molecule has 1 saturated heterocycles. The van der Waals surface area contributed by atoms with Crippen LogP contribution in [0, 0.1) is 0 Å². The number of aliphatic hydroxyl groups excluding tert-OH is 3. The molecule has 0 spiro atoms. The Morgan fingerprint density at radius 1 is 1.40 bits per heavy atom. The Kier molecular flexibility index (Phi) is 2.83. The predicted molar refractivity (Wildman–Crippen MR) is 62.8 cm³/mol. The molecule has 108 valence electrons. The molecule has 2 aromatic heterocycles. The van der Waals surface area contributed by atoms with E-state index in [1.165, 1.54) is 0 Å². The van der Waals surface area contributed by atoms with Gasteiger partial charge >= 0.3 is 5.98 Å². The zero-order valence-corrected chi connectivity index (χ0v) is 10.1. The molecule has 3 rings (SSSR count). The van der Waals surface area contributed by atoms with Crippen molar-refractivity contribution >= 4 is 17.0 Å². The minimum Gasteiger partial charge on any atom is -0.394 e. The summed E-state index contributed by atoms with van der Waals surface area (Å²) in [6.45, 7) is -0.645. The van der Waals surface area contributed by atoms with Gasteiger partial charge < -0.3 is 25.8 Å². The van der Waals surface area contributed by atoms with E-state index in [9.17, 15) is 14.6 Å². The second-order valence-corrected chi connectivity index (χ2v) is 4.43. The molecule has 9 nitrogen and oxygen atoms in total. The van der Waals surface area contributed by atoms with Crippen LogP contribution in [0.1, 0.15) is 0 Å². The van der Waals surface area contributed by atoms with Gasteiger partial charge in [0.05, 0.1) is 6.61 Å². The Morgan fingerprint density at radius 2 is 2.15 bits per heavy atom. The van der Waals surface area contributed by atoms with Gasteiger partial charge in [0.1, 0.15) is 30.4 Å². The van der Waals surface area contributed by atoms with Crippen molar-refractivity contribution in [3.63, 3.8) is 0 Å². The van der Waals surface area contributed by atoms with Gasteiger partial charge in [0, 0.05) is 0 Å². The maximum atomic E-state index is 14.9. The Morgan fingerprint density at radius 3 is 2.80 bits per heavy atom. The van der Waals surface area contributed by atoms with Gasteiger partial charge in [-0.3, -0.25) is 4.57 Å². The van der Waals surface area contributed by atoms with Gasteiger partial charge in [-0.1, -0.05) is 0 Å². The van der Waals surface area contributed by atoms with Crippen LogP contribution in [0.5, 0.6) is 0 Å². The van der Waals surface area contributed by atoms with E-state index in [1.54, 1.807) is 0 Å². The number of hydrogen-bond acceptors (Lipinski definition) is 8. The number of nitrogen functional groups attached to an aromatic ring is 1. The van der Waals surface area contributed by atoms with Crippen LogP contribution >= 0.6 is 0 Å². The number of alkyl halides is 1. The average Bonchev–Trinajstić information content (AvgIpc) is 2.96. The smallest absolute Gasteiger partial charge is 0.325 e. The molecule has 0 amide bonds. The van der Waals surface area contributed by atoms with Crippen LogP contribution in [-0.2, 0) is 10.7 Å². The van der Waals surface area contributed by atoms with E-state index >= 15 is 0 Å². The lowest BCUT2D eigenvalue weighted by Crippen LogP contribution is -2.41. The van der Waals surface area contributed by atoms with Gasteiger partial charge in [0.25, 0.3) is 0 Å². The number of nitrogens with two attached hydrogens (primary N) is 1. The first-order chi connectivity index (χ1) is 9.49. The third-order valence-corrected chi connectivity index (χ3v) is 3.26. The molecular formula is C10H12FN5O4. The van der Waals surface area contributed by atoms with Crippen LogP contribution in [-0.4, -0.2) is 59.8 Å². The minimum atomic E-state index is -2.80. The topological polar surface area (TPSA) is 140 Å². The highest BCUT2D eigenvalue weighted by molar-refractivity contribution is 5.81. The lowest BCUT2D eigenvalue weighted by atomic mass is 10.1. The average molecular weight is 285 g/mol. The van der Waals surface area contributed by atoms with Gasteiger partial charge in [-0.25, -0.2) is 15.0 Å². The van der Waals surface area contributed by atoms with Crippen LogP contribution in [0.4, 0.5) is 10.2 Å². The lowest BCUT2D eigenvalue weighted by Gasteiger charge is -2.24. The Balaban J connectivity index is 2.13. The van der Waals surface area contributed by atoms with E-state index in [2.05, 4.69) is 15.0 Å². The molecule has 3 heterocycles. The number of ether oxygens (including phenoxy) is 1. The van der Waals surface area contributed by atoms with Gasteiger partial charge in [-0.2, -0.15) is 4.39 Å². The number of aromatic nitrogens is 4. The highest BCUT2D eigenvalue weighted by Crippen LogP contribution is 2.38. The molecule has 2 aromatic rings. The van der Waals surface area contributed by atoms with Crippen molar-refractivity contribution in [1.82, 2.24) is 19.5 Å². The Labute approximate surface area is 111 Å². The molecule has 0 radical (unpaired) electrons. The minimum absolute atomic E-state index is 0.00448. The molecule has 0 bridgehead atoms. The maximum absolute atomic E-state index is 14.9. The third kappa shape index (κ3) is 1.59. The largest absolute Gasteiger partial charge is 0.394 e. The fourth-order valence-electron chi connectivity index (χ4n) is 2.19. The summed E-state index contributed by atoms with van der Waals surface area (Å²) in [6.07, 6.45) is -2.60. The van der Waals surface area contributed by atoms with E-state index in [4.69, 9.17) is 15.6 Å². The molecule has 4 atom stereocenters. The Bertz CT molecular complexity index is 652. The summed E-state index contributed by atoms with van der Waals surface area (Å²) in [4.78, 5) is 11.4. The number of imidazole rings is 1. The molecule has 20 heavy (non-hydrogen) atoms. The van der Waals surface area contributed by atoms with E-state index in [1.807, 2.05) is 0 Å². The van der Waals surface area contributed by atoms with Crippen molar-refractivity contribution in [2.24, 2.45) is 0 Å². The first kappa shape index (κ1) is 13.1. The summed E-state index contributed by atoms with van der Waals surface area (Å²) in [6, 6.07) is 0. The zero-order valence-electron chi connectivity index (χ0n) is 10.1. The number of hydrogen-bond donors (Lipinski definition) is 4. The number of aliphatic hydroxyl groups is 3. The van der Waals surface area contributed by atoms with E-state index in [-0.39, 0.29) is 17.0 Å². The zero-order chi connectivity index (χ0) is 14.5. The third-order valence-electron chi connectivity index (χ3n) is 3.26. The number of fused-ring (bicyclic) bond motifs is 1. The van der Waals surface area contributed by atoms with Gasteiger partial charge in [0.15, 0.2) is 17.6 Å². The number of halogens is 1. The molecular weight excluding hydrogens is 273 g/mol. The fourth-order valence-corrected chi connectivity index (χ4v) is 2.19. The summed E-state index contributed by atoms with van der Waals surface area (Å²) in [5, 5.41) is 28.5. The van der Waals surface area contributed by atoms with E-state index in [0.717, 1.165) is 17.2 Å². The highest BCUT2D eigenvalue weighted by Gasteiger charge is 2.57. The van der Waals surface area contributed by atoms with Crippen molar-refractivity contribution in [1.29, 1.82) is 0 Å². The molecule has 0 saturated carbocycles. The van der Waals surface area contributed by atoms with Crippen LogP contribution in [0.15, 0.2) is 12.7 Å². The van der Waals surface area contributed by atoms with Gasteiger partial charge in [-0.15, -0.1) is 0 Å². The molecule has 2 unspecified atom stereocenters. The standard InChI is InChI=1S/C10H12FN5O4/c11-10(7(19)6(18)4(1-17)20-10)16-3-15-5-8(12)13-2-14-9(5)16/h2-4,6-7,17-19H,1H2,(H2,12,13,14)/t4-,6?,7?,10+/m1/s1. The monoisotopic (exact) mass is 285 g/mol. The summed E-state index contributed by atoms with van der Waals surface area (Å²) < 4.78 is 20.6. The first-order valence-corrected chi connectivity index (χ1v) is 5.76. The SMILES string of the molecule is Nc1ncnc2c1ncn2[C@]1(F)O[C@H](CO)C(O)C1O. The molecule has 1 fully saturated rings. The molecule has 1 aliphatic rings. The summed E-state index contributed by atoms with van der Waals surface area (Å²) in [5.74, 6) is -2.76. The number of anilines is 1. The van der Waals surface area contributed by atoms with Crippen molar-refractivity contribution < 1.29 is 24.4 Å². The molecule has 5 N–H and O–H groups in total. The molecule has 1 aliphatic heterocycles. The summed E-state index contributed by atoms with van der Waals surface area (Å²) in [7, 11) is 0. The Hall–Kier alpha value is -1.88. The second-order valence-electron chi connectivity index (χ2n) is 4.43. The fraction of sp³-hybridized carbons (Fsp3) is 0.500. The van der Waals surface area contributed by atoms with Crippen molar-refractivity contribution in [2.75, 3.05) is 12.3 Å². The van der Waals surface area contributed by atoms with Crippen LogP contribution in [0.25, 0.3) is 11.2 Å². The number of nitrogens with zero attached hydrogens (tertiary/aromatic N) is 4. The van der Waals surface area contributed by atoms with E-state index < -0.39 is 30.9 Å². The first-order valence-electron chi connectivity index (χ1n) is 5.76. The summed E-state index contributed by atoms with van der Waals surface area (Å²) >= 11 is 0. The number of rotatable bonds is 2. The van der Waals surface area contributed by atoms with Crippen LogP contribution in [0.3, 0.4) is 0 Å². The van der Waals surface area contributed by atoms with Gasteiger partial charge in [0.2, 0.25) is 0 Å². The predicted octanol–water partition coefficient (Wildman–Crippen LogP) is -1.90. The molecule has 0 aromatic carbocycles. The maximum Gasteiger partial charge on any atom is 0.325 e. The summed E-state index contributed by atoms with van der Waals surface area (Å²) in [5.41, 5.74) is 5.73. The van der Waals surface area contributed by atoms with Crippen molar-refractivity contribution in [3.05, 3.63) is 12.7 Å². The second kappa shape index (κ2) is 4.31. The quantitative estimate of drug-likeness (QED) is 0.501.